The van der Waals surface area contributed by atoms with E-state index in [-0.39, 0.29) is 11.1 Å². The van der Waals surface area contributed by atoms with Gasteiger partial charge in [-0.15, -0.1) is 0 Å². The molecule has 0 aliphatic carbocycles. The number of aromatic nitrogens is 5. The van der Waals surface area contributed by atoms with E-state index in [4.69, 9.17) is 11.6 Å². The molecule has 0 fully saturated rings. The molecular formula is C9H9ClN6O. The largest absolute Gasteiger partial charge is 0.309 e. The number of halogens is 1. The fourth-order valence-electron chi connectivity index (χ4n) is 1.17. The first-order chi connectivity index (χ1) is 8.16. The number of anilines is 1. The van der Waals surface area contributed by atoms with Crippen LogP contribution in [0.15, 0.2) is 25.0 Å². The topological polar surface area (TPSA) is 85.6 Å². The summed E-state index contributed by atoms with van der Waals surface area (Å²) in [4.78, 5) is 23.2. The van der Waals surface area contributed by atoms with Crippen LogP contribution >= 0.6 is 11.6 Å². The van der Waals surface area contributed by atoms with Crippen LogP contribution in [0, 0.1) is 0 Å². The Morgan fingerprint density at radius 3 is 2.94 bits per heavy atom. The van der Waals surface area contributed by atoms with Gasteiger partial charge < -0.3 is 5.32 Å². The van der Waals surface area contributed by atoms with E-state index in [1.807, 2.05) is 0 Å². The highest BCUT2D eigenvalue weighted by Crippen LogP contribution is 2.11. The number of carbonyl (C=O) groups excluding carboxylic acids is 1. The molecule has 0 aliphatic heterocycles. The summed E-state index contributed by atoms with van der Waals surface area (Å²) in [6.45, 7) is 1.70. The van der Waals surface area contributed by atoms with Gasteiger partial charge in [0.1, 0.15) is 36.0 Å². The lowest BCUT2D eigenvalue weighted by Crippen LogP contribution is -2.24. The summed E-state index contributed by atoms with van der Waals surface area (Å²) in [5, 5.41) is 6.76. The third kappa shape index (κ3) is 2.76. The molecule has 8 heteroatoms. The molecule has 2 aromatic rings. The van der Waals surface area contributed by atoms with Crippen LogP contribution in [-0.2, 0) is 4.79 Å². The Kier molecular flexibility index (Phi) is 3.29. The van der Waals surface area contributed by atoms with Crippen molar-refractivity contribution in [2.45, 2.75) is 13.0 Å². The summed E-state index contributed by atoms with van der Waals surface area (Å²) in [6.07, 6.45) is 4.11. The maximum atomic E-state index is 11.8. The number of nitrogens with zero attached hydrogens (tertiary/aromatic N) is 5. The lowest BCUT2D eigenvalue weighted by Gasteiger charge is -2.11. The third-order valence-corrected chi connectivity index (χ3v) is 2.30. The van der Waals surface area contributed by atoms with Gasteiger partial charge in [-0.25, -0.2) is 19.6 Å². The summed E-state index contributed by atoms with van der Waals surface area (Å²) in [7, 11) is 0. The molecule has 0 aromatic carbocycles. The Labute approximate surface area is 102 Å². The molecule has 1 unspecified atom stereocenters. The number of rotatable bonds is 3. The van der Waals surface area contributed by atoms with Gasteiger partial charge in [0.15, 0.2) is 0 Å². The monoisotopic (exact) mass is 252 g/mol. The van der Waals surface area contributed by atoms with E-state index in [1.54, 1.807) is 6.92 Å². The zero-order chi connectivity index (χ0) is 12.3. The molecule has 0 aliphatic rings. The van der Waals surface area contributed by atoms with Gasteiger partial charge in [0.05, 0.1) is 0 Å². The first kappa shape index (κ1) is 11.5. The van der Waals surface area contributed by atoms with Crippen LogP contribution in [0.25, 0.3) is 0 Å². The van der Waals surface area contributed by atoms with E-state index in [0.717, 1.165) is 0 Å². The molecule has 0 radical (unpaired) electrons. The van der Waals surface area contributed by atoms with E-state index in [2.05, 4.69) is 25.4 Å². The molecule has 1 atom stereocenters. The molecule has 1 N–H and O–H groups in total. The minimum atomic E-state index is -0.480. The van der Waals surface area contributed by atoms with Crippen molar-refractivity contribution >= 4 is 23.3 Å². The number of carbonyl (C=O) groups is 1. The average molecular weight is 253 g/mol. The van der Waals surface area contributed by atoms with Gasteiger partial charge in [-0.05, 0) is 6.92 Å². The first-order valence-electron chi connectivity index (χ1n) is 4.79. The molecular weight excluding hydrogens is 244 g/mol. The standard InChI is InChI=1S/C9H9ClN6O/c1-6(16-5-11-3-14-16)9(17)15-8-2-7(10)12-4-13-8/h2-6H,1H3,(H,12,13,15,17). The second-order valence-electron chi connectivity index (χ2n) is 3.27. The SMILES string of the molecule is CC(C(=O)Nc1cc(Cl)ncn1)n1cncn1. The predicted molar refractivity (Wildman–Crippen MR) is 60.4 cm³/mol. The van der Waals surface area contributed by atoms with Crippen molar-refractivity contribution < 1.29 is 4.79 Å². The minimum Gasteiger partial charge on any atom is -0.309 e. The molecule has 2 rings (SSSR count). The van der Waals surface area contributed by atoms with Crippen LogP contribution in [-0.4, -0.2) is 30.6 Å². The van der Waals surface area contributed by atoms with Gasteiger partial charge in [-0.3, -0.25) is 4.79 Å². The molecule has 0 saturated carbocycles. The van der Waals surface area contributed by atoms with Gasteiger partial charge in [0.25, 0.3) is 0 Å². The Morgan fingerprint density at radius 1 is 1.47 bits per heavy atom. The fourth-order valence-corrected chi connectivity index (χ4v) is 1.32. The number of hydrogen-bond donors (Lipinski definition) is 1. The van der Waals surface area contributed by atoms with Crippen molar-refractivity contribution in [2.24, 2.45) is 0 Å². The molecule has 7 nitrogen and oxygen atoms in total. The third-order valence-electron chi connectivity index (χ3n) is 2.10. The van der Waals surface area contributed by atoms with Gasteiger partial charge in [-0.2, -0.15) is 5.10 Å². The van der Waals surface area contributed by atoms with Gasteiger partial charge in [0, 0.05) is 6.07 Å². The van der Waals surface area contributed by atoms with Crippen LogP contribution in [0.5, 0.6) is 0 Å². The maximum absolute atomic E-state index is 11.8. The maximum Gasteiger partial charge on any atom is 0.250 e. The minimum absolute atomic E-state index is 0.259. The Morgan fingerprint density at radius 2 is 2.29 bits per heavy atom. The Hall–Kier alpha value is -2.02. The lowest BCUT2D eigenvalue weighted by atomic mass is 10.3. The summed E-state index contributed by atoms with van der Waals surface area (Å²) in [5.41, 5.74) is 0. The van der Waals surface area contributed by atoms with Crippen LogP contribution in [0.2, 0.25) is 5.15 Å². The zero-order valence-electron chi connectivity index (χ0n) is 8.91. The molecule has 0 spiro atoms. The van der Waals surface area contributed by atoms with Crippen molar-refractivity contribution in [2.75, 3.05) is 5.32 Å². The summed E-state index contributed by atoms with van der Waals surface area (Å²) in [5.74, 6) is 0.0900. The van der Waals surface area contributed by atoms with Crippen LogP contribution in [0.1, 0.15) is 13.0 Å². The number of nitrogens with one attached hydrogen (secondary N) is 1. The molecule has 0 saturated heterocycles. The van der Waals surface area contributed by atoms with Gasteiger partial charge in [0.2, 0.25) is 5.91 Å². The summed E-state index contributed by atoms with van der Waals surface area (Å²) < 4.78 is 1.44. The van der Waals surface area contributed by atoms with Crippen molar-refractivity contribution in [3.8, 4) is 0 Å². The molecule has 17 heavy (non-hydrogen) atoms. The van der Waals surface area contributed by atoms with Gasteiger partial charge >= 0.3 is 0 Å². The van der Waals surface area contributed by atoms with E-state index in [9.17, 15) is 4.79 Å². The summed E-state index contributed by atoms with van der Waals surface area (Å²) in [6, 6.07) is 0.985. The van der Waals surface area contributed by atoms with Crippen LogP contribution in [0.4, 0.5) is 5.82 Å². The normalized spacial score (nSPS) is 12.1. The molecule has 0 bridgehead atoms. The van der Waals surface area contributed by atoms with E-state index in [0.29, 0.717) is 5.82 Å². The Balaban J connectivity index is 2.07. The molecule has 2 heterocycles. The van der Waals surface area contributed by atoms with Crippen molar-refractivity contribution in [1.82, 2.24) is 24.7 Å². The van der Waals surface area contributed by atoms with E-state index in [1.165, 1.54) is 29.7 Å². The van der Waals surface area contributed by atoms with Crippen molar-refractivity contribution in [1.29, 1.82) is 0 Å². The van der Waals surface area contributed by atoms with E-state index >= 15 is 0 Å². The average Bonchev–Trinajstić information content (AvgIpc) is 2.81. The highest BCUT2D eigenvalue weighted by atomic mass is 35.5. The van der Waals surface area contributed by atoms with Crippen molar-refractivity contribution in [3.63, 3.8) is 0 Å². The summed E-state index contributed by atoms with van der Waals surface area (Å²) >= 11 is 5.68. The van der Waals surface area contributed by atoms with E-state index < -0.39 is 6.04 Å². The smallest absolute Gasteiger partial charge is 0.250 e. The number of amides is 1. The predicted octanol–water partition coefficient (Wildman–Crippen LogP) is 0.921. The zero-order valence-corrected chi connectivity index (χ0v) is 9.66. The molecule has 88 valence electrons. The fraction of sp³-hybridized carbons (Fsp3) is 0.222. The van der Waals surface area contributed by atoms with Gasteiger partial charge in [-0.1, -0.05) is 11.6 Å². The highest BCUT2D eigenvalue weighted by Gasteiger charge is 2.15. The van der Waals surface area contributed by atoms with Crippen LogP contribution in [0.3, 0.4) is 0 Å². The molecule has 1 amide bonds. The van der Waals surface area contributed by atoms with Crippen LogP contribution < -0.4 is 5.32 Å². The second-order valence-corrected chi connectivity index (χ2v) is 3.65. The lowest BCUT2D eigenvalue weighted by molar-refractivity contribution is -0.119. The Bertz CT molecular complexity index is 514. The first-order valence-corrected chi connectivity index (χ1v) is 5.17. The quantitative estimate of drug-likeness (QED) is 0.821. The second kappa shape index (κ2) is 4.88. The number of hydrogen-bond acceptors (Lipinski definition) is 5. The van der Waals surface area contributed by atoms with Crippen molar-refractivity contribution in [3.05, 3.63) is 30.2 Å². The highest BCUT2D eigenvalue weighted by molar-refractivity contribution is 6.29. The molecule has 2 aromatic heterocycles.